The van der Waals surface area contributed by atoms with Gasteiger partial charge in [-0.05, 0) is 102 Å². The fraction of sp³-hybridized carbons (Fsp3) is 0.947. The molecule has 0 saturated heterocycles. The lowest BCUT2D eigenvalue weighted by molar-refractivity contribution is -0.208. The van der Waals surface area contributed by atoms with Crippen molar-refractivity contribution in [2.75, 3.05) is 39.6 Å². The van der Waals surface area contributed by atoms with Gasteiger partial charge in [-0.25, -0.2) is 0 Å². The molecule has 0 aromatic carbocycles. The van der Waals surface area contributed by atoms with E-state index >= 15 is 0 Å². The number of hydrogen-bond donors (Lipinski definition) is 0. The van der Waals surface area contributed by atoms with Crippen molar-refractivity contribution in [1.29, 1.82) is 0 Å². The number of ether oxygens (including phenoxy) is 7. The Morgan fingerprint density at radius 2 is 0.398 bits per heavy atom. The highest BCUT2D eigenvalue weighted by molar-refractivity contribution is 4.90. The standard InChI is InChI=1S/C76H150O7/c1-7-13-19-25-41-51-61-71-81-75(65-55-45-39-35-31-33-37-43-53-63-73(77-67-57-47-27-21-15-9-3)78-68-58-48-28-22-16-10-4)83-76(82-72-62-52-42-26-20-14-8-2)66-56-46-40-36-32-34-38-44-54-64-74(79-69-59-49-29-23-17-11-5)80-70-60-50-30-24-18-12-6/h55-56,65-66,73-76H,7-54,57-64,67-72H2,1-6H3. The van der Waals surface area contributed by atoms with Crippen LogP contribution in [0.5, 0.6) is 0 Å². The Morgan fingerprint density at radius 1 is 0.205 bits per heavy atom. The maximum absolute atomic E-state index is 6.70. The maximum Gasteiger partial charge on any atom is 0.180 e. The van der Waals surface area contributed by atoms with Gasteiger partial charge in [-0.3, -0.25) is 0 Å². The van der Waals surface area contributed by atoms with E-state index < -0.39 is 0 Å². The molecule has 0 saturated carbocycles. The van der Waals surface area contributed by atoms with E-state index in [1.807, 2.05) is 0 Å². The Hall–Kier alpha value is -0.800. The van der Waals surface area contributed by atoms with Crippen molar-refractivity contribution in [2.45, 2.75) is 426 Å². The van der Waals surface area contributed by atoms with E-state index in [9.17, 15) is 0 Å². The van der Waals surface area contributed by atoms with Gasteiger partial charge in [0.1, 0.15) is 0 Å². The van der Waals surface area contributed by atoms with Gasteiger partial charge >= 0.3 is 0 Å². The summed E-state index contributed by atoms with van der Waals surface area (Å²) in [6.45, 7) is 18.6. The van der Waals surface area contributed by atoms with Crippen molar-refractivity contribution in [3.8, 4) is 0 Å². The molecule has 0 radical (unpaired) electrons. The molecule has 2 unspecified atom stereocenters. The van der Waals surface area contributed by atoms with Crippen LogP contribution in [-0.2, 0) is 33.2 Å². The minimum absolute atomic E-state index is 0.0190. The lowest BCUT2D eigenvalue weighted by atomic mass is 10.1. The molecule has 0 heterocycles. The molecule has 0 aromatic heterocycles. The van der Waals surface area contributed by atoms with Crippen LogP contribution in [0, 0.1) is 0 Å². The minimum atomic E-state index is -0.388. The molecular weight excluding hydrogens is 1020 g/mol. The highest BCUT2D eigenvalue weighted by atomic mass is 16.8. The zero-order valence-electron chi connectivity index (χ0n) is 57.3. The smallest absolute Gasteiger partial charge is 0.180 e. The quantitative estimate of drug-likeness (QED) is 0.0342. The van der Waals surface area contributed by atoms with Crippen molar-refractivity contribution in [3.63, 3.8) is 0 Å². The highest BCUT2D eigenvalue weighted by Gasteiger charge is 2.15. The van der Waals surface area contributed by atoms with Gasteiger partial charge in [-0.15, -0.1) is 0 Å². The molecule has 0 N–H and O–H groups in total. The van der Waals surface area contributed by atoms with Crippen LogP contribution < -0.4 is 0 Å². The van der Waals surface area contributed by atoms with E-state index in [2.05, 4.69) is 65.8 Å². The Bertz CT molecular complexity index is 1090. The van der Waals surface area contributed by atoms with Crippen LogP contribution in [0.2, 0.25) is 0 Å². The van der Waals surface area contributed by atoms with Gasteiger partial charge in [-0.1, -0.05) is 323 Å². The van der Waals surface area contributed by atoms with Crippen LogP contribution in [0.25, 0.3) is 0 Å². The molecule has 0 aliphatic heterocycles. The zero-order valence-corrected chi connectivity index (χ0v) is 57.3. The SMILES string of the molecule is CCCCCCCCCOC(C=CCCCCCCCCCC(OCCCCCCCC)OCCCCCCCC)OC(C=CCCCCCCCCCC(OCCCCCCCC)OCCCCCCCC)OCCCCCCCCC. The molecule has 2 atom stereocenters. The molecular formula is C76H150O7. The zero-order chi connectivity index (χ0) is 59.9. The van der Waals surface area contributed by atoms with Gasteiger partial charge in [0.25, 0.3) is 0 Å². The molecule has 0 aromatic rings. The third-order valence-electron chi connectivity index (χ3n) is 16.7. The summed E-state index contributed by atoms with van der Waals surface area (Å²) in [4.78, 5) is 0. The molecule has 0 amide bonds. The van der Waals surface area contributed by atoms with Crippen molar-refractivity contribution >= 4 is 0 Å². The Labute approximate surface area is 521 Å². The fourth-order valence-corrected chi connectivity index (χ4v) is 11.1. The summed E-state index contributed by atoms with van der Waals surface area (Å²) >= 11 is 0. The lowest BCUT2D eigenvalue weighted by Gasteiger charge is -2.22. The van der Waals surface area contributed by atoms with Crippen LogP contribution in [0.3, 0.4) is 0 Å². The molecule has 7 nitrogen and oxygen atoms in total. The van der Waals surface area contributed by atoms with E-state index in [1.54, 1.807) is 0 Å². The summed E-state index contributed by atoms with van der Waals surface area (Å²) in [6, 6.07) is 0. The van der Waals surface area contributed by atoms with Crippen LogP contribution in [0.4, 0.5) is 0 Å². The fourth-order valence-electron chi connectivity index (χ4n) is 11.1. The average Bonchev–Trinajstić information content (AvgIpc) is 3.49. The predicted octanol–water partition coefficient (Wildman–Crippen LogP) is 25.5. The van der Waals surface area contributed by atoms with E-state index in [0.29, 0.717) is 0 Å². The first-order valence-corrected chi connectivity index (χ1v) is 37.8. The Balaban J connectivity index is 5.13. The maximum atomic E-state index is 6.70. The first kappa shape index (κ1) is 82.2. The summed E-state index contributed by atoms with van der Waals surface area (Å²) < 4.78 is 45.0. The topological polar surface area (TPSA) is 64.6 Å². The summed E-state index contributed by atoms with van der Waals surface area (Å²) in [5.41, 5.74) is 0. The number of rotatable bonds is 74. The van der Waals surface area contributed by atoms with Crippen LogP contribution >= 0.6 is 0 Å². The molecule has 496 valence electrons. The monoisotopic (exact) mass is 1180 g/mol. The molecule has 7 heteroatoms. The van der Waals surface area contributed by atoms with Crippen molar-refractivity contribution < 1.29 is 33.2 Å². The van der Waals surface area contributed by atoms with E-state index in [-0.39, 0.29) is 25.2 Å². The van der Waals surface area contributed by atoms with Crippen molar-refractivity contribution in [2.24, 2.45) is 0 Å². The number of hydrogen-bond acceptors (Lipinski definition) is 7. The minimum Gasteiger partial charge on any atom is -0.353 e. The second-order valence-electron chi connectivity index (χ2n) is 25.2. The van der Waals surface area contributed by atoms with Gasteiger partial charge in [-0.2, -0.15) is 0 Å². The van der Waals surface area contributed by atoms with Crippen LogP contribution in [0.15, 0.2) is 24.3 Å². The first-order valence-electron chi connectivity index (χ1n) is 37.8. The largest absolute Gasteiger partial charge is 0.353 e. The third kappa shape index (κ3) is 67.0. The van der Waals surface area contributed by atoms with Gasteiger partial charge in [0.05, 0.1) is 13.2 Å². The lowest BCUT2D eigenvalue weighted by Crippen LogP contribution is -2.25. The number of unbranched alkanes of at least 4 members (excludes halogenated alkanes) is 46. The normalized spacial score (nSPS) is 12.9. The predicted molar refractivity (Wildman–Crippen MR) is 363 cm³/mol. The molecule has 0 rings (SSSR count). The average molecular weight is 1180 g/mol. The Morgan fingerprint density at radius 3 is 0.639 bits per heavy atom. The van der Waals surface area contributed by atoms with Gasteiger partial charge in [0.2, 0.25) is 0 Å². The Kier molecular flexibility index (Phi) is 73.0. The van der Waals surface area contributed by atoms with Gasteiger partial charge in [0.15, 0.2) is 25.2 Å². The summed E-state index contributed by atoms with van der Waals surface area (Å²) in [5, 5.41) is 0. The molecule has 0 aliphatic carbocycles. The summed E-state index contributed by atoms with van der Waals surface area (Å²) in [6.07, 6.45) is 79.3. The second kappa shape index (κ2) is 73.7. The van der Waals surface area contributed by atoms with Gasteiger partial charge < -0.3 is 33.2 Å². The number of allylic oxidation sites excluding steroid dienone is 2. The summed E-state index contributed by atoms with van der Waals surface area (Å²) in [5.74, 6) is 0. The molecule has 0 aliphatic rings. The van der Waals surface area contributed by atoms with Crippen molar-refractivity contribution in [1.82, 2.24) is 0 Å². The van der Waals surface area contributed by atoms with Crippen LogP contribution in [-0.4, -0.2) is 64.8 Å². The third-order valence-corrected chi connectivity index (χ3v) is 16.7. The second-order valence-corrected chi connectivity index (χ2v) is 25.2. The molecule has 0 bridgehead atoms. The highest BCUT2D eigenvalue weighted by Crippen LogP contribution is 2.20. The van der Waals surface area contributed by atoms with Gasteiger partial charge in [0, 0.05) is 26.4 Å². The van der Waals surface area contributed by atoms with Crippen LogP contribution in [0.1, 0.15) is 401 Å². The molecule has 83 heavy (non-hydrogen) atoms. The summed E-state index contributed by atoms with van der Waals surface area (Å²) in [7, 11) is 0. The van der Waals surface area contributed by atoms with E-state index in [4.69, 9.17) is 33.2 Å². The van der Waals surface area contributed by atoms with E-state index in [0.717, 1.165) is 104 Å². The molecule has 0 fully saturated rings. The van der Waals surface area contributed by atoms with Crippen molar-refractivity contribution in [3.05, 3.63) is 24.3 Å². The first-order chi connectivity index (χ1) is 41.1. The molecule has 0 spiro atoms. The van der Waals surface area contributed by atoms with E-state index in [1.165, 1.54) is 295 Å².